The quantitative estimate of drug-likeness (QED) is 0.616. The van der Waals surface area contributed by atoms with Crippen molar-refractivity contribution in [2.75, 3.05) is 0 Å². The molecular formula is C17H13Cl2NO. The number of aryl methyl sites for hydroxylation is 2. The lowest BCUT2D eigenvalue weighted by Gasteiger charge is -2.04. The monoisotopic (exact) mass is 317 g/mol. The summed E-state index contributed by atoms with van der Waals surface area (Å²) in [4.78, 5) is 15.0. The first-order chi connectivity index (χ1) is 10.0. The number of hydrogen-bond donors (Lipinski definition) is 1. The molecule has 4 heteroatoms. The Morgan fingerprint density at radius 2 is 1.76 bits per heavy atom. The van der Waals surface area contributed by atoms with Crippen LogP contribution >= 0.6 is 23.2 Å². The summed E-state index contributed by atoms with van der Waals surface area (Å²) in [6.45, 7) is 4.00. The molecule has 0 spiro atoms. The second kappa shape index (κ2) is 5.21. The highest BCUT2D eigenvalue weighted by Crippen LogP contribution is 2.37. The van der Waals surface area contributed by atoms with Crippen molar-refractivity contribution in [2.45, 2.75) is 13.8 Å². The second-order valence-electron chi connectivity index (χ2n) is 5.11. The van der Waals surface area contributed by atoms with Crippen LogP contribution in [0.15, 0.2) is 30.3 Å². The first-order valence-electron chi connectivity index (χ1n) is 6.55. The van der Waals surface area contributed by atoms with E-state index in [4.69, 9.17) is 23.2 Å². The summed E-state index contributed by atoms with van der Waals surface area (Å²) >= 11 is 12.3. The summed E-state index contributed by atoms with van der Waals surface area (Å²) in [6, 6.07) is 9.28. The van der Waals surface area contributed by atoms with E-state index in [-0.39, 0.29) is 0 Å². The number of aromatic nitrogens is 1. The third-order valence-electron chi connectivity index (χ3n) is 3.73. The maximum absolute atomic E-state index is 11.6. The van der Waals surface area contributed by atoms with Gasteiger partial charge in [0.25, 0.3) is 0 Å². The van der Waals surface area contributed by atoms with Gasteiger partial charge in [-0.15, -0.1) is 0 Å². The topological polar surface area (TPSA) is 32.9 Å². The van der Waals surface area contributed by atoms with Gasteiger partial charge in [0, 0.05) is 27.1 Å². The Morgan fingerprint density at radius 1 is 1.05 bits per heavy atom. The van der Waals surface area contributed by atoms with Crippen LogP contribution in [0, 0.1) is 13.8 Å². The molecule has 0 saturated carbocycles. The zero-order chi connectivity index (χ0) is 15.1. The van der Waals surface area contributed by atoms with E-state index >= 15 is 0 Å². The SMILES string of the molecule is Cc1ccc(C)c2c(C=O)c(-c3cc(Cl)ccc3Cl)[nH]c12. The fraction of sp³-hybridized carbons (Fsp3) is 0.118. The Hall–Kier alpha value is -1.77. The lowest BCUT2D eigenvalue weighted by Crippen LogP contribution is -1.87. The van der Waals surface area contributed by atoms with E-state index in [2.05, 4.69) is 4.98 Å². The van der Waals surface area contributed by atoms with Gasteiger partial charge in [-0.05, 0) is 43.2 Å². The van der Waals surface area contributed by atoms with Crippen LogP contribution in [-0.2, 0) is 0 Å². The molecule has 0 atom stereocenters. The molecule has 106 valence electrons. The molecule has 1 aromatic heterocycles. The third kappa shape index (κ3) is 2.25. The van der Waals surface area contributed by atoms with Crippen molar-refractivity contribution in [3.8, 4) is 11.3 Å². The third-order valence-corrected chi connectivity index (χ3v) is 4.29. The molecular weight excluding hydrogens is 305 g/mol. The number of H-pyrrole nitrogens is 1. The molecule has 2 aromatic carbocycles. The number of aromatic amines is 1. The largest absolute Gasteiger partial charge is 0.354 e. The fourth-order valence-corrected chi connectivity index (χ4v) is 3.04. The van der Waals surface area contributed by atoms with E-state index in [1.807, 2.05) is 26.0 Å². The summed E-state index contributed by atoms with van der Waals surface area (Å²) in [5.74, 6) is 0. The Labute approximate surface area is 132 Å². The minimum Gasteiger partial charge on any atom is -0.354 e. The average molecular weight is 318 g/mol. The van der Waals surface area contributed by atoms with Crippen molar-refractivity contribution in [3.05, 3.63) is 57.1 Å². The predicted octanol–water partition coefficient (Wildman–Crippen LogP) is 5.57. The van der Waals surface area contributed by atoms with Crippen LogP contribution in [-0.4, -0.2) is 11.3 Å². The maximum atomic E-state index is 11.6. The highest BCUT2D eigenvalue weighted by atomic mass is 35.5. The molecule has 0 fully saturated rings. The van der Waals surface area contributed by atoms with Crippen LogP contribution in [0.25, 0.3) is 22.2 Å². The summed E-state index contributed by atoms with van der Waals surface area (Å²) < 4.78 is 0. The number of halogens is 2. The number of aldehydes is 1. The number of fused-ring (bicyclic) bond motifs is 1. The van der Waals surface area contributed by atoms with Crippen LogP contribution < -0.4 is 0 Å². The molecule has 0 aliphatic rings. The lowest BCUT2D eigenvalue weighted by atomic mass is 10.0. The summed E-state index contributed by atoms with van der Waals surface area (Å²) in [7, 11) is 0. The van der Waals surface area contributed by atoms with Gasteiger partial charge in [-0.3, -0.25) is 4.79 Å². The van der Waals surface area contributed by atoms with Crippen LogP contribution in [0.4, 0.5) is 0 Å². The molecule has 21 heavy (non-hydrogen) atoms. The van der Waals surface area contributed by atoms with Crippen LogP contribution in [0.1, 0.15) is 21.5 Å². The fourth-order valence-electron chi connectivity index (χ4n) is 2.66. The average Bonchev–Trinajstić information content (AvgIpc) is 2.86. The first kappa shape index (κ1) is 14.2. The molecule has 2 nitrogen and oxygen atoms in total. The van der Waals surface area contributed by atoms with Gasteiger partial charge in [-0.25, -0.2) is 0 Å². The van der Waals surface area contributed by atoms with E-state index in [9.17, 15) is 4.79 Å². The highest BCUT2D eigenvalue weighted by Gasteiger charge is 2.17. The first-order valence-corrected chi connectivity index (χ1v) is 7.31. The molecule has 0 unspecified atom stereocenters. The van der Waals surface area contributed by atoms with Crippen molar-refractivity contribution >= 4 is 40.4 Å². The summed E-state index contributed by atoms with van der Waals surface area (Å²) in [6.07, 6.45) is 0.873. The molecule has 0 saturated heterocycles. The zero-order valence-electron chi connectivity index (χ0n) is 11.6. The van der Waals surface area contributed by atoms with Crippen molar-refractivity contribution in [1.29, 1.82) is 0 Å². The van der Waals surface area contributed by atoms with E-state index in [1.165, 1.54) is 0 Å². The van der Waals surface area contributed by atoms with Crippen molar-refractivity contribution in [3.63, 3.8) is 0 Å². The van der Waals surface area contributed by atoms with Crippen LogP contribution in [0.5, 0.6) is 0 Å². The molecule has 0 bridgehead atoms. The summed E-state index contributed by atoms with van der Waals surface area (Å²) in [5, 5.41) is 2.08. The van der Waals surface area contributed by atoms with Gasteiger partial charge < -0.3 is 4.98 Å². The van der Waals surface area contributed by atoms with E-state index in [0.717, 1.165) is 33.9 Å². The molecule has 0 radical (unpaired) electrons. The Kier molecular flexibility index (Phi) is 3.52. The summed E-state index contributed by atoms with van der Waals surface area (Å²) in [5.41, 5.74) is 5.17. The number of carbonyl (C=O) groups is 1. The molecule has 1 N–H and O–H groups in total. The Bertz CT molecular complexity index is 865. The van der Waals surface area contributed by atoms with E-state index in [1.54, 1.807) is 18.2 Å². The molecule has 3 rings (SSSR count). The van der Waals surface area contributed by atoms with Gasteiger partial charge in [-0.2, -0.15) is 0 Å². The number of nitrogens with one attached hydrogen (secondary N) is 1. The second-order valence-corrected chi connectivity index (χ2v) is 5.95. The van der Waals surface area contributed by atoms with E-state index in [0.29, 0.717) is 21.3 Å². The van der Waals surface area contributed by atoms with Crippen molar-refractivity contribution in [2.24, 2.45) is 0 Å². The molecule has 0 aliphatic carbocycles. The Balaban J connectivity index is 2.43. The highest BCUT2D eigenvalue weighted by molar-refractivity contribution is 6.35. The van der Waals surface area contributed by atoms with Crippen molar-refractivity contribution in [1.82, 2.24) is 4.98 Å². The molecule has 0 amide bonds. The smallest absolute Gasteiger partial charge is 0.152 e. The number of benzene rings is 2. The predicted molar refractivity (Wildman–Crippen MR) is 88.6 cm³/mol. The minimum absolute atomic E-state index is 0.560. The lowest BCUT2D eigenvalue weighted by molar-refractivity contribution is 0.112. The molecule has 1 heterocycles. The van der Waals surface area contributed by atoms with Gasteiger partial charge in [-0.1, -0.05) is 35.3 Å². The molecule has 0 aliphatic heterocycles. The number of rotatable bonds is 2. The minimum atomic E-state index is 0.560. The number of carbonyl (C=O) groups excluding carboxylic acids is 1. The van der Waals surface area contributed by atoms with Crippen molar-refractivity contribution < 1.29 is 4.79 Å². The van der Waals surface area contributed by atoms with Crippen LogP contribution in [0.3, 0.4) is 0 Å². The van der Waals surface area contributed by atoms with Gasteiger partial charge in [0.05, 0.1) is 10.7 Å². The molecule has 3 aromatic rings. The number of hydrogen-bond acceptors (Lipinski definition) is 1. The van der Waals surface area contributed by atoms with Gasteiger partial charge in [0.1, 0.15) is 0 Å². The van der Waals surface area contributed by atoms with Crippen LogP contribution in [0.2, 0.25) is 10.0 Å². The normalized spacial score (nSPS) is 11.0. The van der Waals surface area contributed by atoms with Gasteiger partial charge >= 0.3 is 0 Å². The Morgan fingerprint density at radius 3 is 2.48 bits per heavy atom. The van der Waals surface area contributed by atoms with Gasteiger partial charge in [0.2, 0.25) is 0 Å². The maximum Gasteiger partial charge on any atom is 0.152 e. The standard InChI is InChI=1S/C17H13Cl2NO/c1-9-3-4-10(2)16-15(9)13(8-21)17(20-16)12-7-11(18)5-6-14(12)19/h3-8,20H,1-2H3. The van der Waals surface area contributed by atoms with E-state index < -0.39 is 0 Å². The van der Waals surface area contributed by atoms with Gasteiger partial charge in [0.15, 0.2) is 6.29 Å². The zero-order valence-corrected chi connectivity index (χ0v) is 13.1.